The summed E-state index contributed by atoms with van der Waals surface area (Å²) in [6.45, 7) is 0.525. The molecule has 8 rings (SSSR count). The van der Waals surface area contributed by atoms with Crippen LogP contribution in [-0.4, -0.2) is 21.5 Å². The van der Waals surface area contributed by atoms with E-state index in [1.165, 1.54) is 53.1 Å². The largest absolute Gasteiger partial charge is 0.377 e. The lowest BCUT2D eigenvalue weighted by Crippen LogP contribution is -2.31. The van der Waals surface area contributed by atoms with Gasteiger partial charge < -0.3 is 16.0 Å². The summed E-state index contributed by atoms with van der Waals surface area (Å²) in [5, 5.41) is 4.97. The first-order valence-electron chi connectivity index (χ1n) is 12.2. The number of nitrogens with zero attached hydrogens (tertiary/aromatic N) is 2. The zero-order valence-electron chi connectivity index (χ0n) is 18.6. The predicted octanol–water partition coefficient (Wildman–Crippen LogP) is 5.88. The van der Waals surface area contributed by atoms with E-state index in [-0.39, 0.29) is 6.04 Å². The van der Waals surface area contributed by atoms with Crippen LogP contribution in [0.1, 0.15) is 48.7 Å². The minimum Gasteiger partial charge on any atom is -0.377 e. The van der Waals surface area contributed by atoms with E-state index in [1.807, 2.05) is 17.4 Å². The third-order valence-corrected chi connectivity index (χ3v) is 9.77. The van der Waals surface area contributed by atoms with Gasteiger partial charge in [0, 0.05) is 23.8 Å². The highest BCUT2D eigenvalue weighted by molar-refractivity contribution is 7.15. The van der Waals surface area contributed by atoms with E-state index >= 15 is 0 Å². The molecule has 5 nitrogen and oxygen atoms in total. The lowest BCUT2D eigenvalue weighted by atomic mass is 9.70. The van der Waals surface area contributed by atoms with Crippen molar-refractivity contribution in [2.75, 3.05) is 11.9 Å². The predicted molar refractivity (Wildman–Crippen MR) is 134 cm³/mol. The van der Waals surface area contributed by atoms with Gasteiger partial charge in [0.25, 0.3) is 0 Å². The second-order valence-electron chi connectivity index (χ2n) is 10.5. The monoisotopic (exact) mass is 455 g/mol. The van der Waals surface area contributed by atoms with Gasteiger partial charge in [-0.3, -0.25) is 0 Å². The Balaban J connectivity index is 1.10. The third-order valence-electron chi connectivity index (χ3n) is 8.48. The van der Waals surface area contributed by atoms with Crippen molar-refractivity contribution in [2.45, 2.75) is 43.6 Å². The number of benzene rings is 2. The zero-order valence-corrected chi connectivity index (χ0v) is 19.4. The number of H-pyrrole nitrogens is 1. The number of hydrogen-bond acceptors (Lipinski definition) is 5. The van der Waals surface area contributed by atoms with E-state index in [4.69, 9.17) is 10.7 Å². The van der Waals surface area contributed by atoms with Crippen molar-refractivity contribution in [2.24, 2.45) is 23.5 Å². The summed E-state index contributed by atoms with van der Waals surface area (Å²) in [5.74, 6) is 2.92. The Labute approximate surface area is 197 Å². The highest BCUT2D eigenvalue weighted by Gasteiger charge is 2.57. The second kappa shape index (κ2) is 7.40. The summed E-state index contributed by atoms with van der Waals surface area (Å²) in [5.41, 5.74) is 12.0. The number of nitrogens with one attached hydrogen (secondary N) is 2. The molecule has 33 heavy (non-hydrogen) atoms. The minimum absolute atomic E-state index is 0.0553. The van der Waals surface area contributed by atoms with Gasteiger partial charge in [-0.1, -0.05) is 24.3 Å². The SMILES string of the molecule is NCC(Nc1ccc2nc[nH]c2c1)c1ccc(-c2cnc(C34CC5CC(C3)C(C5)C4)s2)cc1. The molecule has 0 spiro atoms. The molecule has 4 N–H and O–H groups in total. The third kappa shape index (κ3) is 3.22. The molecule has 4 fully saturated rings. The first-order valence-corrected chi connectivity index (χ1v) is 13.0. The number of rotatable bonds is 6. The van der Waals surface area contributed by atoms with Crippen LogP contribution in [0.25, 0.3) is 21.5 Å². The van der Waals surface area contributed by atoms with E-state index < -0.39 is 0 Å². The molecule has 2 heterocycles. The molecule has 168 valence electrons. The Morgan fingerprint density at radius 2 is 1.88 bits per heavy atom. The number of aromatic amines is 1. The number of hydrogen-bond donors (Lipinski definition) is 3. The van der Waals surface area contributed by atoms with E-state index in [2.05, 4.69) is 57.9 Å². The van der Waals surface area contributed by atoms with Crippen LogP contribution in [0.3, 0.4) is 0 Å². The molecule has 3 unspecified atom stereocenters. The number of aromatic nitrogens is 3. The van der Waals surface area contributed by atoms with Crippen LogP contribution in [0.15, 0.2) is 55.0 Å². The maximum absolute atomic E-state index is 6.14. The van der Waals surface area contributed by atoms with Gasteiger partial charge in [-0.2, -0.15) is 0 Å². The molecule has 2 aromatic heterocycles. The number of thiazole rings is 1. The zero-order chi connectivity index (χ0) is 22.0. The Bertz CT molecular complexity index is 1290. The Morgan fingerprint density at radius 3 is 2.64 bits per heavy atom. The Hall–Kier alpha value is -2.70. The molecule has 0 saturated heterocycles. The second-order valence-corrected chi connectivity index (χ2v) is 11.5. The van der Waals surface area contributed by atoms with Crippen LogP contribution in [0, 0.1) is 17.8 Å². The van der Waals surface area contributed by atoms with Crippen LogP contribution in [0.2, 0.25) is 0 Å². The summed E-state index contributed by atoms with van der Waals surface area (Å²) in [6.07, 6.45) is 10.9. The Morgan fingerprint density at radius 1 is 1.06 bits per heavy atom. The smallest absolute Gasteiger partial charge is 0.0993 e. The minimum atomic E-state index is 0.0553. The molecule has 4 aliphatic rings. The molecule has 0 amide bonds. The summed E-state index contributed by atoms with van der Waals surface area (Å²) in [4.78, 5) is 13.7. The van der Waals surface area contributed by atoms with Crippen molar-refractivity contribution < 1.29 is 0 Å². The summed E-state index contributed by atoms with van der Waals surface area (Å²) in [7, 11) is 0. The maximum Gasteiger partial charge on any atom is 0.0993 e. The van der Waals surface area contributed by atoms with Gasteiger partial charge in [0.2, 0.25) is 0 Å². The summed E-state index contributed by atoms with van der Waals surface area (Å²) < 4.78 is 0. The fourth-order valence-corrected chi connectivity index (χ4v) is 8.25. The quantitative estimate of drug-likeness (QED) is 0.339. The molecule has 2 aromatic carbocycles. The number of anilines is 1. The molecule has 6 heteroatoms. The molecule has 3 atom stereocenters. The van der Waals surface area contributed by atoms with E-state index in [0.29, 0.717) is 12.0 Å². The van der Waals surface area contributed by atoms with Crippen LogP contribution < -0.4 is 11.1 Å². The molecule has 0 aliphatic heterocycles. The molecular weight excluding hydrogens is 426 g/mol. The lowest BCUT2D eigenvalue weighted by Gasteiger charge is -2.36. The van der Waals surface area contributed by atoms with E-state index in [9.17, 15) is 0 Å². The van der Waals surface area contributed by atoms with Gasteiger partial charge >= 0.3 is 0 Å². The molecule has 0 radical (unpaired) electrons. The first kappa shape index (κ1) is 19.7. The van der Waals surface area contributed by atoms with Crippen molar-refractivity contribution >= 4 is 28.1 Å². The highest BCUT2D eigenvalue weighted by Crippen LogP contribution is 2.65. The fourth-order valence-electron chi connectivity index (χ4n) is 7.11. The highest BCUT2D eigenvalue weighted by atomic mass is 32.1. The van der Waals surface area contributed by atoms with Gasteiger partial charge in [0.05, 0.1) is 33.3 Å². The van der Waals surface area contributed by atoms with Crippen LogP contribution in [0.4, 0.5) is 5.69 Å². The molecule has 4 bridgehead atoms. The van der Waals surface area contributed by atoms with Crippen molar-refractivity contribution in [1.82, 2.24) is 15.0 Å². The van der Waals surface area contributed by atoms with Gasteiger partial charge in [-0.05, 0) is 79.2 Å². The van der Waals surface area contributed by atoms with Gasteiger partial charge in [-0.25, -0.2) is 9.97 Å². The molecule has 4 aromatic rings. The average molecular weight is 456 g/mol. The molecule has 4 saturated carbocycles. The average Bonchev–Trinajstić information content (AvgIpc) is 3.61. The fraction of sp³-hybridized carbons (Fsp3) is 0.407. The van der Waals surface area contributed by atoms with Crippen molar-refractivity contribution in [1.29, 1.82) is 0 Å². The number of imidazole rings is 1. The standard InChI is InChI=1S/C27H29N5S/c28-13-24(32-21-5-6-22-23(9-21)31-15-30-22)17-1-3-18(4-2-17)25-14-29-26(33-25)27-10-16-7-19(11-27)20(8-16)12-27/h1-6,9,14-16,19-20,24,32H,7-8,10-13,28H2,(H,30,31). The lowest BCUT2D eigenvalue weighted by molar-refractivity contribution is 0.229. The summed E-state index contributed by atoms with van der Waals surface area (Å²) >= 11 is 1.93. The molecular formula is C27H29N5S. The normalized spacial score (nSPS) is 28.6. The van der Waals surface area contributed by atoms with Gasteiger partial charge in [0.1, 0.15) is 0 Å². The maximum atomic E-state index is 6.14. The number of nitrogens with two attached hydrogens (primary N) is 1. The van der Waals surface area contributed by atoms with Crippen LogP contribution >= 0.6 is 11.3 Å². The van der Waals surface area contributed by atoms with Crippen molar-refractivity contribution in [3.63, 3.8) is 0 Å². The number of fused-ring (bicyclic) bond motifs is 1. The van der Waals surface area contributed by atoms with E-state index in [1.54, 1.807) is 6.33 Å². The van der Waals surface area contributed by atoms with Crippen LogP contribution in [-0.2, 0) is 5.41 Å². The van der Waals surface area contributed by atoms with Crippen molar-refractivity contribution in [3.8, 4) is 10.4 Å². The van der Waals surface area contributed by atoms with Gasteiger partial charge in [-0.15, -0.1) is 11.3 Å². The van der Waals surface area contributed by atoms with Crippen molar-refractivity contribution in [3.05, 3.63) is 65.6 Å². The topological polar surface area (TPSA) is 79.6 Å². The van der Waals surface area contributed by atoms with Crippen LogP contribution in [0.5, 0.6) is 0 Å². The van der Waals surface area contributed by atoms with Gasteiger partial charge in [0.15, 0.2) is 0 Å². The summed E-state index contributed by atoms with van der Waals surface area (Å²) in [6, 6.07) is 15.1. The first-order chi connectivity index (χ1) is 16.2. The molecule has 4 aliphatic carbocycles. The Kier molecular flexibility index (Phi) is 4.43. The van der Waals surface area contributed by atoms with E-state index in [0.717, 1.165) is 34.5 Å².